The van der Waals surface area contributed by atoms with E-state index in [-0.39, 0.29) is 17.6 Å². The number of hydrogen-bond donors (Lipinski definition) is 1. The summed E-state index contributed by atoms with van der Waals surface area (Å²) < 4.78 is 6.58. The van der Waals surface area contributed by atoms with Crippen LogP contribution in [0.4, 0.5) is 0 Å². The van der Waals surface area contributed by atoms with Crippen molar-refractivity contribution in [2.75, 3.05) is 12.9 Å². The summed E-state index contributed by atoms with van der Waals surface area (Å²) in [6.07, 6.45) is 0.756. The zero-order chi connectivity index (χ0) is 18.6. The van der Waals surface area contributed by atoms with Gasteiger partial charge < -0.3 is 10.1 Å². The summed E-state index contributed by atoms with van der Waals surface area (Å²) in [5, 5.41) is 11.5. The van der Waals surface area contributed by atoms with E-state index in [1.54, 1.807) is 4.40 Å². The third-order valence-electron chi connectivity index (χ3n) is 3.98. The highest BCUT2D eigenvalue weighted by atomic mass is 32.2. The van der Waals surface area contributed by atoms with Crippen molar-refractivity contribution in [1.29, 1.82) is 0 Å². The zero-order valence-corrected chi connectivity index (χ0v) is 15.9. The van der Waals surface area contributed by atoms with Crippen LogP contribution in [0.15, 0.2) is 11.2 Å². The topological polar surface area (TPSA) is 98.5 Å². The lowest BCUT2D eigenvalue weighted by molar-refractivity contribution is -0.146. The minimum atomic E-state index is -0.649. The molecule has 0 aliphatic carbocycles. The lowest BCUT2D eigenvalue weighted by Crippen LogP contribution is -2.46. The van der Waals surface area contributed by atoms with Gasteiger partial charge in [-0.2, -0.15) is 0 Å². The van der Waals surface area contributed by atoms with E-state index in [2.05, 4.69) is 20.5 Å². The molecular weight excluding hydrogens is 342 g/mol. The quantitative estimate of drug-likeness (QED) is 0.587. The average molecular weight is 365 g/mol. The maximum absolute atomic E-state index is 12.3. The smallest absolute Gasteiger partial charge is 0.328 e. The molecule has 0 aliphatic rings. The first kappa shape index (κ1) is 19.2. The fraction of sp³-hybridized carbons (Fsp3) is 0.562. The standard InChI is InChI=1S/C16H23N5O3S/c1-6-9(2)13(14(23)24-5)18-12(22)8-25-16-20-19-15-17-10(3)7-11(4)21(15)16/h7,9,13H,6,8H2,1-5H3,(H,18,22)/t9-,13-/m0/s1. The van der Waals surface area contributed by atoms with Gasteiger partial charge in [0.2, 0.25) is 5.91 Å². The number of hydrogen-bond acceptors (Lipinski definition) is 7. The minimum Gasteiger partial charge on any atom is -0.467 e. The van der Waals surface area contributed by atoms with Crippen LogP contribution in [-0.4, -0.2) is 50.4 Å². The number of nitrogens with one attached hydrogen (secondary N) is 1. The molecule has 2 rings (SSSR count). The number of esters is 1. The van der Waals surface area contributed by atoms with E-state index in [0.717, 1.165) is 17.8 Å². The molecule has 2 aromatic heterocycles. The van der Waals surface area contributed by atoms with Crippen LogP contribution in [0.25, 0.3) is 5.78 Å². The predicted molar refractivity (Wildman–Crippen MR) is 94.4 cm³/mol. The van der Waals surface area contributed by atoms with E-state index in [1.165, 1.54) is 18.9 Å². The fourth-order valence-corrected chi connectivity index (χ4v) is 3.23. The van der Waals surface area contributed by atoms with Crippen molar-refractivity contribution in [3.05, 3.63) is 17.5 Å². The Morgan fingerprint density at radius 2 is 2.08 bits per heavy atom. The van der Waals surface area contributed by atoms with E-state index < -0.39 is 12.0 Å². The minimum absolute atomic E-state index is 0.00950. The van der Waals surface area contributed by atoms with Crippen molar-refractivity contribution in [3.63, 3.8) is 0 Å². The van der Waals surface area contributed by atoms with Gasteiger partial charge in [-0.05, 0) is 25.8 Å². The Labute approximate surface area is 150 Å². The fourth-order valence-electron chi connectivity index (χ4n) is 2.44. The number of aromatic nitrogens is 4. The molecule has 0 aromatic carbocycles. The van der Waals surface area contributed by atoms with Crippen LogP contribution < -0.4 is 5.32 Å². The molecule has 1 N–H and O–H groups in total. The maximum Gasteiger partial charge on any atom is 0.328 e. The van der Waals surface area contributed by atoms with E-state index in [1.807, 2.05) is 33.8 Å². The second kappa shape index (κ2) is 8.28. The Kier molecular flexibility index (Phi) is 6.35. The lowest BCUT2D eigenvalue weighted by Gasteiger charge is -2.21. The Hall–Kier alpha value is -2.16. The van der Waals surface area contributed by atoms with Crippen LogP contribution in [0.2, 0.25) is 0 Å². The summed E-state index contributed by atoms with van der Waals surface area (Å²) in [5.74, 6) is -0.0681. The first-order valence-corrected chi connectivity index (χ1v) is 9.05. The van der Waals surface area contributed by atoms with Gasteiger partial charge in [0.25, 0.3) is 5.78 Å². The molecule has 0 spiro atoms. The van der Waals surface area contributed by atoms with Gasteiger partial charge in [0.1, 0.15) is 6.04 Å². The second-order valence-corrected chi connectivity index (χ2v) is 6.84. The number of fused-ring (bicyclic) bond motifs is 1. The summed E-state index contributed by atoms with van der Waals surface area (Å²) in [4.78, 5) is 28.4. The van der Waals surface area contributed by atoms with Gasteiger partial charge in [0.15, 0.2) is 5.16 Å². The highest BCUT2D eigenvalue weighted by molar-refractivity contribution is 7.99. The molecule has 9 heteroatoms. The Morgan fingerprint density at radius 3 is 2.72 bits per heavy atom. The number of thioether (sulfide) groups is 1. The number of aryl methyl sites for hydroxylation is 2. The number of carbonyl (C=O) groups is 2. The third kappa shape index (κ3) is 4.47. The molecule has 8 nitrogen and oxygen atoms in total. The van der Waals surface area contributed by atoms with E-state index in [0.29, 0.717) is 10.9 Å². The van der Waals surface area contributed by atoms with E-state index >= 15 is 0 Å². The van der Waals surface area contributed by atoms with Gasteiger partial charge in [-0.25, -0.2) is 9.78 Å². The van der Waals surface area contributed by atoms with Crippen LogP contribution in [-0.2, 0) is 14.3 Å². The molecule has 0 aliphatic heterocycles. The molecule has 0 fully saturated rings. The van der Waals surface area contributed by atoms with Gasteiger partial charge in [-0.15, -0.1) is 10.2 Å². The Bertz CT molecular complexity index is 776. The number of methoxy groups -OCH3 is 1. The largest absolute Gasteiger partial charge is 0.467 e. The molecule has 1 amide bonds. The Morgan fingerprint density at radius 1 is 1.36 bits per heavy atom. The molecule has 0 saturated heterocycles. The number of ether oxygens (including phenoxy) is 1. The molecule has 0 radical (unpaired) electrons. The summed E-state index contributed by atoms with van der Waals surface area (Å²) in [6.45, 7) is 7.69. The first-order valence-electron chi connectivity index (χ1n) is 8.06. The molecular formula is C16H23N5O3S. The summed E-state index contributed by atoms with van der Waals surface area (Å²) in [5.41, 5.74) is 1.81. The van der Waals surface area contributed by atoms with Crippen molar-refractivity contribution >= 4 is 29.4 Å². The zero-order valence-electron chi connectivity index (χ0n) is 15.1. The van der Waals surface area contributed by atoms with Crippen molar-refractivity contribution in [2.24, 2.45) is 5.92 Å². The maximum atomic E-state index is 12.3. The summed E-state index contributed by atoms with van der Waals surface area (Å²) in [6, 6.07) is 1.28. The highest BCUT2D eigenvalue weighted by Gasteiger charge is 2.26. The van der Waals surface area contributed by atoms with Gasteiger partial charge in [-0.3, -0.25) is 9.20 Å². The third-order valence-corrected chi connectivity index (χ3v) is 4.91. The van der Waals surface area contributed by atoms with Crippen molar-refractivity contribution in [3.8, 4) is 0 Å². The molecule has 0 bridgehead atoms. The van der Waals surface area contributed by atoms with Gasteiger partial charge in [-0.1, -0.05) is 32.0 Å². The van der Waals surface area contributed by atoms with E-state index in [4.69, 9.17) is 4.74 Å². The molecule has 2 aromatic rings. The highest BCUT2D eigenvalue weighted by Crippen LogP contribution is 2.18. The monoisotopic (exact) mass is 365 g/mol. The number of rotatable bonds is 7. The van der Waals surface area contributed by atoms with Crippen LogP contribution in [0, 0.1) is 19.8 Å². The number of amides is 1. The molecule has 25 heavy (non-hydrogen) atoms. The lowest BCUT2D eigenvalue weighted by atomic mass is 9.99. The van der Waals surface area contributed by atoms with Gasteiger partial charge >= 0.3 is 5.97 Å². The molecule has 2 atom stereocenters. The van der Waals surface area contributed by atoms with Crippen molar-refractivity contribution in [2.45, 2.75) is 45.3 Å². The van der Waals surface area contributed by atoms with Crippen LogP contribution in [0.1, 0.15) is 31.7 Å². The molecule has 136 valence electrons. The molecule has 0 saturated carbocycles. The van der Waals surface area contributed by atoms with Gasteiger partial charge in [0.05, 0.1) is 12.9 Å². The van der Waals surface area contributed by atoms with Crippen LogP contribution >= 0.6 is 11.8 Å². The normalized spacial score (nSPS) is 13.5. The van der Waals surface area contributed by atoms with Gasteiger partial charge in [0, 0.05) is 11.4 Å². The summed E-state index contributed by atoms with van der Waals surface area (Å²) >= 11 is 1.25. The first-order chi connectivity index (χ1) is 11.9. The Balaban J connectivity index is 2.06. The molecule has 2 heterocycles. The molecule has 0 unspecified atom stereocenters. The number of carbonyl (C=O) groups excluding carboxylic acids is 2. The van der Waals surface area contributed by atoms with Crippen LogP contribution in [0.5, 0.6) is 0 Å². The van der Waals surface area contributed by atoms with Crippen LogP contribution in [0.3, 0.4) is 0 Å². The SMILES string of the molecule is CC[C@H](C)[C@H](NC(=O)CSc1nnc2nc(C)cc(C)n12)C(=O)OC. The van der Waals surface area contributed by atoms with Crippen molar-refractivity contribution < 1.29 is 14.3 Å². The van der Waals surface area contributed by atoms with Crippen molar-refractivity contribution in [1.82, 2.24) is 24.9 Å². The average Bonchev–Trinajstić information content (AvgIpc) is 2.99. The number of nitrogens with zero attached hydrogens (tertiary/aromatic N) is 4. The summed E-state index contributed by atoms with van der Waals surface area (Å²) in [7, 11) is 1.32. The van der Waals surface area contributed by atoms with E-state index in [9.17, 15) is 9.59 Å². The second-order valence-electron chi connectivity index (χ2n) is 5.90. The predicted octanol–water partition coefficient (Wildman–Crippen LogP) is 1.54.